The van der Waals surface area contributed by atoms with Crippen LogP contribution in [0.1, 0.15) is 0 Å². The molecule has 0 amide bonds. The van der Waals surface area contributed by atoms with Gasteiger partial charge in [0.2, 0.25) is 0 Å². The summed E-state index contributed by atoms with van der Waals surface area (Å²) in [6, 6.07) is 26.0. The summed E-state index contributed by atoms with van der Waals surface area (Å²) in [5.74, 6) is 0. The Morgan fingerprint density at radius 1 is 0.500 bits per heavy atom. The van der Waals surface area contributed by atoms with Crippen LogP contribution in [0.25, 0.3) is 22.3 Å². The van der Waals surface area contributed by atoms with Crippen molar-refractivity contribution < 1.29 is 0 Å². The van der Waals surface area contributed by atoms with E-state index in [1.807, 2.05) is 0 Å². The van der Waals surface area contributed by atoms with Crippen molar-refractivity contribution in [2.45, 2.75) is 0 Å². The number of benzene rings is 3. The van der Waals surface area contributed by atoms with Crippen LogP contribution in [-0.4, -0.2) is 28.2 Å². The van der Waals surface area contributed by atoms with Gasteiger partial charge in [0.05, 0.1) is 0 Å². The van der Waals surface area contributed by atoms with Gasteiger partial charge in [0.15, 0.2) is 0 Å². The Morgan fingerprint density at radius 3 is 1.62 bits per heavy atom. The van der Waals surface area contributed by atoms with E-state index >= 15 is 0 Å². The zero-order chi connectivity index (χ0) is 17.1. The third-order valence-electron chi connectivity index (χ3n) is 4.30. The van der Waals surface area contributed by atoms with Gasteiger partial charge >= 0.3 is 0 Å². The zero-order valence-corrected chi connectivity index (χ0v) is 14.8. The predicted molar refractivity (Wildman–Crippen MR) is 106 cm³/mol. The molecule has 0 aromatic heterocycles. The molecule has 3 aromatic rings. The molecule has 0 aliphatic carbocycles. The zero-order valence-electron chi connectivity index (χ0n) is 14.8. The molecular weight excluding hydrogens is 292 g/mol. The minimum atomic E-state index is 1.21. The molecule has 24 heavy (non-hydrogen) atoms. The summed E-state index contributed by atoms with van der Waals surface area (Å²) in [7, 11) is 8.29. The molecule has 0 unspecified atom stereocenters. The van der Waals surface area contributed by atoms with Crippen molar-refractivity contribution in [2.75, 3.05) is 38.0 Å². The SMILES string of the molecule is CN(C)c1ccc(-c2cc(N(C)C)ccc2-c2ccccc2)cc1. The molecule has 0 saturated carbocycles. The van der Waals surface area contributed by atoms with Crippen LogP contribution in [0.2, 0.25) is 0 Å². The highest BCUT2D eigenvalue weighted by Crippen LogP contribution is 2.35. The van der Waals surface area contributed by atoms with Gasteiger partial charge in [-0.15, -0.1) is 0 Å². The molecule has 0 aliphatic heterocycles. The van der Waals surface area contributed by atoms with Crippen molar-refractivity contribution in [3.63, 3.8) is 0 Å². The smallest absolute Gasteiger partial charge is 0.0367 e. The molecule has 0 aliphatic rings. The molecule has 0 fully saturated rings. The molecule has 0 radical (unpaired) electrons. The van der Waals surface area contributed by atoms with E-state index < -0.39 is 0 Å². The highest BCUT2D eigenvalue weighted by atomic mass is 15.1. The van der Waals surface area contributed by atoms with Gasteiger partial charge < -0.3 is 9.80 Å². The van der Waals surface area contributed by atoms with Crippen LogP contribution in [-0.2, 0) is 0 Å². The fraction of sp³-hybridized carbons (Fsp3) is 0.182. The van der Waals surface area contributed by atoms with Crippen LogP contribution in [0.5, 0.6) is 0 Å². The summed E-state index contributed by atoms with van der Waals surface area (Å²) in [6.45, 7) is 0. The Kier molecular flexibility index (Phi) is 4.57. The van der Waals surface area contributed by atoms with Gasteiger partial charge in [0.1, 0.15) is 0 Å². The van der Waals surface area contributed by atoms with E-state index in [0.29, 0.717) is 0 Å². The lowest BCUT2D eigenvalue weighted by Gasteiger charge is -2.18. The molecule has 3 aromatic carbocycles. The molecule has 0 heterocycles. The fourth-order valence-corrected chi connectivity index (χ4v) is 2.86. The summed E-state index contributed by atoms with van der Waals surface area (Å²) < 4.78 is 0. The van der Waals surface area contributed by atoms with Gasteiger partial charge in [-0.25, -0.2) is 0 Å². The van der Waals surface area contributed by atoms with Gasteiger partial charge in [0, 0.05) is 39.6 Å². The van der Waals surface area contributed by atoms with Crippen LogP contribution in [0, 0.1) is 0 Å². The lowest BCUT2D eigenvalue weighted by molar-refractivity contribution is 1.13. The summed E-state index contributed by atoms with van der Waals surface area (Å²) in [6.07, 6.45) is 0. The van der Waals surface area contributed by atoms with Crippen LogP contribution in [0.4, 0.5) is 11.4 Å². The Balaban J connectivity index is 2.14. The minimum Gasteiger partial charge on any atom is -0.378 e. The molecule has 0 saturated heterocycles. The topological polar surface area (TPSA) is 6.48 Å². The molecule has 0 bridgehead atoms. The normalized spacial score (nSPS) is 10.5. The van der Waals surface area contributed by atoms with Crippen LogP contribution >= 0.6 is 0 Å². The van der Waals surface area contributed by atoms with Crippen molar-refractivity contribution in [3.8, 4) is 22.3 Å². The minimum absolute atomic E-state index is 1.21. The van der Waals surface area contributed by atoms with Gasteiger partial charge in [-0.1, -0.05) is 48.5 Å². The van der Waals surface area contributed by atoms with E-state index in [-0.39, 0.29) is 0 Å². The van der Waals surface area contributed by atoms with Crippen molar-refractivity contribution in [3.05, 3.63) is 72.8 Å². The molecule has 2 nitrogen and oxygen atoms in total. The number of anilines is 2. The monoisotopic (exact) mass is 316 g/mol. The lowest BCUT2D eigenvalue weighted by Crippen LogP contribution is -2.09. The molecule has 0 spiro atoms. The van der Waals surface area contributed by atoms with E-state index in [4.69, 9.17) is 0 Å². The average molecular weight is 316 g/mol. The number of rotatable bonds is 4. The highest BCUT2D eigenvalue weighted by Gasteiger charge is 2.10. The first-order chi connectivity index (χ1) is 11.6. The first-order valence-corrected chi connectivity index (χ1v) is 8.21. The third-order valence-corrected chi connectivity index (χ3v) is 4.30. The Hall–Kier alpha value is -2.74. The molecule has 122 valence electrons. The highest BCUT2D eigenvalue weighted by molar-refractivity contribution is 5.86. The second-order valence-electron chi connectivity index (χ2n) is 6.43. The van der Waals surface area contributed by atoms with E-state index in [0.717, 1.165) is 0 Å². The second-order valence-corrected chi connectivity index (χ2v) is 6.43. The van der Waals surface area contributed by atoms with Crippen molar-refractivity contribution in [1.29, 1.82) is 0 Å². The second kappa shape index (κ2) is 6.79. The molecule has 0 atom stereocenters. The van der Waals surface area contributed by atoms with Gasteiger partial charge in [-0.2, -0.15) is 0 Å². The number of nitrogens with zero attached hydrogens (tertiary/aromatic N) is 2. The molecular formula is C22H24N2. The van der Waals surface area contributed by atoms with E-state index in [1.165, 1.54) is 33.6 Å². The first-order valence-electron chi connectivity index (χ1n) is 8.21. The standard InChI is InChI=1S/C22H24N2/c1-23(2)19-12-10-18(11-13-19)22-16-20(24(3)4)14-15-21(22)17-8-6-5-7-9-17/h5-16H,1-4H3. The third kappa shape index (κ3) is 3.28. The van der Waals surface area contributed by atoms with Crippen LogP contribution in [0.15, 0.2) is 72.8 Å². The quantitative estimate of drug-likeness (QED) is 0.656. The summed E-state index contributed by atoms with van der Waals surface area (Å²) in [4.78, 5) is 4.27. The van der Waals surface area contributed by atoms with E-state index in [2.05, 4.69) is 111 Å². The van der Waals surface area contributed by atoms with Crippen molar-refractivity contribution >= 4 is 11.4 Å². The van der Waals surface area contributed by atoms with E-state index in [9.17, 15) is 0 Å². The van der Waals surface area contributed by atoms with Crippen molar-refractivity contribution in [1.82, 2.24) is 0 Å². The molecule has 3 rings (SSSR count). The largest absolute Gasteiger partial charge is 0.378 e. The van der Waals surface area contributed by atoms with E-state index in [1.54, 1.807) is 0 Å². The molecule has 0 N–H and O–H groups in total. The maximum absolute atomic E-state index is 2.27. The Morgan fingerprint density at radius 2 is 1.04 bits per heavy atom. The maximum atomic E-state index is 2.27. The van der Waals surface area contributed by atoms with Gasteiger partial charge in [-0.3, -0.25) is 0 Å². The van der Waals surface area contributed by atoms with Gasteiger partial charge in [0.25, 0.3) is 0 Å². The Bertz CT molecular complexity index is 803. The average Bonchev–Trinajstić information content (AvgIpc) is 2.62. The molecule has 2 heteroatoms. The lowest BCUT2D eigenvalue weighted by atomic mass is 9.93. The first kappa shape index (κ1) is 16.1. The summed E-state index contributed by atoms with van der Waals surface area (Å²) in [5, 5.41) is 0. The fourth-order valence-electron chi connectivity index (χ4n) is 2.86. The number of hydrogen-bond donors (Lipinski definition) is 0. The van der Waals surface area contributed by atoms with Crippen molar-refractivity contribution in [2.24, 2.45) is 0 Å². The predicted octanol–water partition coefficient (Wildman–Crippen LogP) is 5.15. The van der Waals surface area contributed by atoms with Crippen LogP contribution in [0.3, 0.4) is 0 Å². The summed E-state index contributed by atoms with van der Waals surface area (Å²) in [5.41, 5.74) is 7.43. The Labute approximate surface area is 145 Å². The summed E-state index contributed by atoms with van der Waals surface area (Å²) >= 11 is 0. The van der Waals surface area contributed by atoms with Crippen LogP contribution < -0.4 is 9.80 Å². The maximum Gasteiger partial charge on any atom is 0.0367 e. The van der Waals surface area contributed by atoms with Gasteiger partial charge in [-0.05, 0) is 46.5 Å². The number of hydrogen-bond acceptors (Lipinski definition) is 2.